The Morgan fingerprint density at radius 2 is 1.78 bits per heavy atom. The van der Waals surface area contributed by atoms with E-state index in [0.29, 0.717) is 10.7 Å². The first-order chi connectivity index (χ1) is 12.9. The Bertz CT molecular complexity index is 830. The lowest BCUT2D eigenvalue weighted by atomic mass is 10.1. The van der Waals surface area contributed by atoms with Crippen LogP contribution < -0.4 is 15.1 Å². The minimum Gasteiger partial charge on any atom is -0.372 e. The minimum atomic E-state index is -0.242. The highest BCUT2D eigenvalue weighted by Gasteiger charge is 2.18. The lowest BCUT2D eigenvalue weighted by Crippen LogP contribution is -2.37. The van der Waals surface area contributed by atoms with Gasteiger partial charge in [0.15, 0.2) is 0 Å². The monoisotopic (exact) mass is 385 g/mol. The molecule has 0 unspecified atom stereocenters. The van der Waals surface area contributed by atoms with E-state index in [1.165, 1.54) is 30.4 Å². The molecule has 27 heavy (non-hydrogen) atoms. The van der Waals surface area contributed by atoms with Crippen molar-refractivity contribution in [1.82, 2.24) is 0 Å². The van der Waals surface area contributed by atoms with Crippen LogP contribution in [0.15, 0.2) is 42.5 Å². The minimum absolute atomic E-state index is 0.0499. The number of nitrogens with zero attached hydrogens (tertiary/aromatic N) is 2. The van der Waals surface area contributed by atoms with E-state index in [9.17, 15) is 9.59 Å². The zero-order valence-electron chi connectivity index (χ0n) is 15.7. The highest BCUT2D eigenvalue weighted by Crippen LogP contribution is 2.24. The molecule has 6 heteroatoms. The second-order valence-electron chi connectivity index (χ2n) is 6.83. The van der Waals surface area contributed by atoms with Crippen LogP contribution in [0, 0.1) is 6.92 Å². The van der Waals surface area contributed by atoms with E-state index in [1.807, 2.05) is 31.2 Å². The number of nitrogens with one attached hydrogen (secondary N) is 1. The Morgan fingerprint density at radius 3 is 2.37 bits per heavy atom. The van der Waals surface area contributed by atoms with Gasteiger partial charge in [-0.1, -0.05) is 11.6 Å². The van der Waals surface area contributed by atoms with Crippen molar-refractivity contribution in [3.63, 3.8) is 0 Å². The van der Waals surface area contributed by atoms with Crippen LogP contribution in [-0.4, -0.2) is 31.4 Å². The van der Waals surface area contributed by atoms with Crippen LogP contribution in [0.5, 0.6) is 0 Å². The lowest BCUT2D eigenvalue weighted by Gasteiger charge is -2.23. The third kappa shape index (κ3) is 4.80. The zero-order chi connectivity index (χ0) is 19.4. The van der Waals surface area contributed by atoms with Crippen LogP contribution in [0.25, 0.3) is 0 Å². The van der Waals surface area contributed by atoms with E-state index < -0.39 is 0 Å². The topological polar surface area (TPSA) is 52.7 Å². The Balaban J connectivity index is 1.66. The van der Waals surface area contributed by atoms with Gasteiger partial charge in [0, 0.05) is 42.1 Å². The molecular formula is C21H24ClN3O2. The summed E-state index contributed by atoms with van der Waals surface area (Å²) in [5, 5.41) is 3.47. The molecule has 2 amide bonds. The number of halogens is 1. The average molecular weight is 386 g/mol. The molecule has 1 N–H and O–H groups in total. The first-order valence-electron chi connectivity index (χ1n) is 9.13. The highest BCUT2D eigenvalue weighted by atomic mass is 35.5. The molecule has 1 saturated heterocycles. The van der Waals surface area contributed by atoms with Gasteiger partial charge in [0.25, 0.3) is 0 Å². The van der Waals surface area contributed by atoms with Gasteiger partial charge in [0.05, 0.1) is 0 Å². The molecule has 2 aromatic carbocycles. The van der Waals surface area contributed by atoms with Crippen LogP contribution in [0.1, 0.15) is 25.3 Å². The van der Waals surface area contributed by atoms with Gasteiger partial charge in [-0.05, 0) is 67.8 Å². The third-order valence-electron chi connectivity index (χ3n) is 4.75. The molecule has 0 radical (unpaired) electrons. The van der Waals surface area contributed by atoms with E-state index in [0.717, 1.165) is 24.3 Å². The van der Waals surface area contributed by atoms with Crippen molar-refractivity contribution in [2.75, 3.05) is 34.8 Å². The van der Waals surface area contributed by atoms with Gasteiger partial charge in [0.1, 0.15) is 6.54 Å². The fourth-order valence-corrected chi connectivity index (χ4v) is 3.59. The van der Waals surface area contributed by atoms with E-state index in [4.69, 9.17) is 11.6 Å². The summed E-state index contributed by atoms with van der Waals surface area (Å²) in [5.41, 5.74) is 3.43. The molecule has 1 aliphatic rings. The number of aryl methyl sites for hydroxylation is 1. The predicted molar refractivity (Wildman–Crippen MR) is 111 cm³/mol. The molecule has 0 spiro atoms. The van der Waals surface area contributed by atoms with Gasteiger partial charge in [-0.3, -0.25) is 9.59 Å². The maximum atomic E-state index is 12.5. The van der Waals surface area contributed by atoms with E-state index in [-0.39, 0.29) is 18.4 Å². The quantitative estimate of drug-likeness (QED) is 0.837. The molecule has 2 aromatic rings. The van der Waals surface area contributed by atoms with Crippen LogP contribution in [0.4, 0.5) is 17.1 Å². The van der Waals surface area contributed by atoms with Crippen molar-refractivity contribution in [2.45, 2.75) is 26.7 Å². The van der Waals surface area contributed by atoms with Crippen molar-refractivity contribution in [3.05, 3.63) is 53.1 Å². The maximum absolute atomic E-state index is 12.5. The molecule has 3 rings (SSSR count). The van der Waals surface area contributed by atoms with Crippen molar-refractivity contribution >= 4 is 40.5 Å². The number of rotatable bonds is 5. The van der Waals surface area contributed by atoms with Gasteiger partial charge < -0.3 is 15.1 Å². The number of benzene rings is 2. The summed E-state index contributed by atoms with van der Waals surface area (Å²) in [4.78, 5) is 28.3. The summed E-state index contributed by atoms with van der Waals surface area (Å²) < 4.78 is 0. The van der Waals surface area contributed by atoms with Gasteiger partial charge in [-0.25, -0.2) is 0 Å². The van der Waals surface area contributed by atoms with E-state index in [1.54, 1.807) is 18.2 Å². The van der Waals surface area contributed by atoms with Crippen molar-refractivity contribution < 1.29 is 9.59 Å². The molecule has 1 aliphatic heterocycles. The number of hydrogen-bond acceptors (Lipinski definition) is 3. The first-order valence-corrected chi connectivity index (χ1v) is 9.51. The molecule has 1 heterocycles. The van der Waals surface area contributed by atoms with Crippen LogP contribution in [-0.2, 0) is 9.59 Å². The molecule has 0 bridgehead atoms. The number of carbonyl (C=O) groups excluding carboxylic acids is 2. The van der Waals surface area contributed by atoms with Gasteiger partial charge in [-0.2, -0.15) is 0 Å². The van der Waals surface area contributed by atoms with Crippen LogP contribution in [0.3, 0.4) is 0 Å². The molecule has 0 saturated carbocycles. The van der Waals surface area contributed by atoms with Crippen molar-refractivity contribution in [3.8, 4) is 0 Å². The van der Waals surface area contributed by atoms with E-state index in [2.05, 4.69) is 10.2 Å². The molecule has 5 nitrogen and oxygen atoms in total. The second kappa shape index (κ2) is 8.44. The second-order valence-corrected chi connectivity index (χ2v) is 7.26. The summed E-state index contributed by atoms with van der Waals surface area (Å²) >= 11 is 5.99. The summed E-state index contributed by atoms with van der Waals surface area (Å²) in [6.07, 6.45) is 2.45. The largest absolute Gasteiger partial charge is 0.372 e. The van der Waals surface area contributed by atoms with Crippen molar-refractivity contribution in [1.29, 1.82) is 0 Å². The van der Waals surface area contributed by atoms with Gasteiger partial charge in [-0.15, -0.1) is 0 Å². The highest BCUT2D eigenvalue weighted by molar-refractivity contribution is 6.30. The molecule has 142 valence electrons. The summed E-state index contributed by atoms with van der Waals surface area (Å²) in [6, 6.07) is 13.1. The standard InChI is InChI=1S/C21H24ClN3O2/c1-15-13-17(22)5-10-20(15)25(16(2)26)14-21(27)23-18-6-8-19(9-7-18)24-11-3-4-12-24/h5-10,13H,3-4,11-12,14H2,1-2H3,(H,23,27). The first kappa shape index (κ1) is 19.2. The molecule has 0 aliphatic carbocycles. The van der Waals surface area contributed by atoms with E-state index >= 15 is 0 Å². The Labute approximate surface area is 164 Å². The average Bonchev–Trinajstić information content (AvgIpc) is 3.15. The van der Waals surface area contributed by atoms with Gasteiger partial charge >= 0.3 is 0 Å². The molecule has 0 aromatic heterocycles. The molecule has 1 fully saturated rings. The Hall–Kier alpha value is -2.53. The Kier molecular flexibility index (Phi) is 6.01. The number of carbonyl (C=O) groups is 2. The predicted octanol–water partition coefficient (Wildman–Crippen LogP) is 4.24. The van der Waals surface area contributed by atoms with Crippen LogP contribution >= 0.6 is 11.6 Å². The fraction of sp³-hybridized carbons (Fsp3) is 0.333. The number of hydrogen-bond donors (Lipinski definition) is 1. The fourth-order valence-electron chi connectivity index (χ4n) is 3.36. The summed E-state index contributed by atoms with van der Waals surface area (Å²) in [6.45, 7) is 5.43. The number of anilines is 3. The smallest absolute Gasteiger partial charge is 0.244 e. The van der Waals surface area contributed by atoms with Crippen LogP contribution in [0.2, 0.25) is 5.02 Å². The number of amides is 2. The lowest BCUT2D eigenvalue weighted by molar-refractivity contribution is -0.120. The Morgan fingerprint density at radius 1 is 1.11 bits per heavy atom. The third-order valence-corrected chi connectivity index (χ3v) is 4.99. The molecular weight excluding hydrogens is 362 g/mol. The van der Waals surface area contributed by atoms with Gasteiger partial charge in [0.2, 0.25) is 11.8 Å². The maximum Gasteiger partial charge on any atom is 0.244 e. The summed E-state index contributed by atoms with van der Waals surface area (Å²) in [7, 11) is 0. The zero-order valence-corrected chi connectivity index (χ0v) is 16.4. The normalized spacial score (nSPS) is 13.5. The summed E-state index contributed by atoms with van der Waals surface area (Å²) in [5.74, 6) is -0.437. The van der Waals surface area contributed by atoms with Crippen molar-refractivity contribution in [2.24, 2.45) is 0 Å². The SMILES string of the molecule is CC(=O)N(CC(=O)Nc1ccc(N2CCCC2)cc1)c1ccc(Cl)cc1C. The molecule has 0 atom stereocenters.